The van der Waals surface area contributed by atoms with Gasteiger partial charge < -0.3 is 5.32 Å². The van der Waals surface area contributed by atoms with Crippen molar-refractivity contribution in [3.63, 3.8) is 0 Å². The third-order valence-corrected chi connectivity index (χ3v) is 2.72. The van der Waals surface area contributed by atoms with Crippen molar-refractivity contribution in [3.8, 4) is 0 Å². The molecule has 0 aromatic carbocycles. The summed E-state index contributed by atoms with van der Waals surface area (Å²) in [6.45, 7) is 8.88. The largest absolute Gasteiger partial charge is 0.307 e. The van der Waals surface area contributed by atoms with Crippen LogP contribution in [0.5, 0.6) is 0 Å². The summed E-state index contributed by atoms with van der Waals surface area (Å²) >= 11 is 0. The number of nitrogens with one attached hydrogen (secondary N) is 1. The van der Waals surface area contributed by atoms with Crippen molar-refractivity contribution in [3.05, 3.63) is 30.1 Å². The fourth-order valence-corrected chi connectivity index (χ4v) is 1.34. The second kappa shape index (κ2) is 5.11. The molecular weight excluding hydrogens is 172 g/mol. The third-order valence-electron chi connectivity index (χ3n) is 2.72. The van der Waals surface area contributed by atoms with Crippen molar-refractivity contribution >= 4 is 0 Å². The Morgan fingerprint density at radius 2 is 1.64 bits per heavy atom. The summed E-state index contributed by atoms with van der Waals surface area (Å²) in [7, 11) is 0. The van der Waals surface area contributed by atoms with E-state index < -0.39 is 0 Å². The van der Waals surface area contributed by atoms with Gasteiger partial charge in [0.25, 0.3) is 0 Å². The topological polar surface area (TPSA) is 24.9 Å². The maximum Gasteiger partial charge on any atom is 0.0295 e. The van der Waals surface area contributed by atoms with E-state index in [9.17, 15) is 0 Å². The first-order chi connectivity index (χ1) is 6.61. The minimum atomic E-state index is 0.399. The number of aromatic nitrogens is 1. The normalized spacial score (nSPS) is 15.5. The van der Waals surface area contributed by atoms with Crippen LogP contribution in [0.2, 0.25) is 0 Å². The van der Waals surface area contributed by atoms with Crippen LogP contribution < -0.4 is 5.32 Å². The summed E-state index contributed by atoms with van der Waals surface area (Å²) in [6, 6.07) is 5.06. The second-order valence-corrected chi connectivity index (χ2v) is 4.20. The first-order valence-corrected chi connectivity index (χ1v) is 5.27. The Hall–Kier alpha value is -0.890. The summed E-state index contributed by atoms with van der Waals surface area (Å²) < 4.78 is 0. The molecule has 1 N–H and O–H groups in total. The molecule has 0 aliphatic rings. The maximum absolute atomic E-state index is 4.01. The van der Waals surface area contributed by atoms with E-state index >= 15 is 0 Å². The van der Waals surface area contributed by atoms with Crippen LogP contribution in [0.3, 0.4) is 0 Å². The Morgan fingerprint density at radius 3 is 2.14 bits per heavy atom. The first-order valence-electron chi connectivity index (χ1n) is 5.27. The molecule has 0 amide bonds. The lowest BCUT2D eigenvalue weighted by molar-refractivity contribution is 0.389. The SMILES string of the molecule is CC(C)[C@H](C)N[C@@H](C)c1ccncc1. The monoisotopic (exact) mass is 192 g/mol. The minimum Gasteiger partial charge on any atom is -0.307 e. The van der Waals surface area contributed by atoms with Crippen molar-refractivity contribution in [2.24, 2.45) is 5.92 Å². The molecule has 0 fully saturated rings. The quantitative estimate of drug-likeness (QED) is 0.793. The van der Waals surface area contributed by atoms with Gasteiger partial charge in [-0.25, -0.2) is 0 Å². The van der Waals surface area contributed by atoms with E-state index in [0.717, 1.165) is 0 Å². The van der Waals surface area contributed by atoms with E-state index in [1.165, 1.54) is 5.56 Å². The predicted octanol–water partition coefficient (Wildman–Crippen LogP) is 2.78. The molecule has 1 aromatic heterocycles. The van der Waals surface area contributed by atoms with Crippen molar-refractivity contribution in [1.29, 1.82) is 0 Å². The van der Waals surface area contributed by atoms with Crippen LogP contribution in [0.15, 0.2) is 24.5 Å². The van der Waals surface area contributed by atoms with Crippen molar-refractivity contribution in [2.45, 2.75) is 39.8 Å². The van der Waals surface area contributed by atoms with Gasteiger partial charge in [0.1, 0.15) is 0 Å². The molecule has 0 spiro atoms. The number of nitrogens with zero attached hydrogens (tertiary/aromatic N) is 1. The molecule has 1 rings (SSSR count). The number of pyridine rings is 1. The number of hydrogen-bond acceptors (Lipinski definition) is 2. The van der Waals surface area contributed by atoms with E-state index in [4.69, 9.17) is 0 Å². The molecule has 1 heterocycles. The Morgan fingerprint density at radius 1 is 1.07 bits per heavy atom. The minimum absolute atomic E-state index is 0.399. The molecule has 0 aliphatic heterocycles. The molecular formula is C12H20N2. The molecule has 1 aromatic rings. The fraction of sp³-hybridized carbons (Fsp3) is 0.583. The van der Waals surface area contributed by atoms with Crippen LogP contribution in [-0.2, 0) is 0 Å². The van der Waals surface area contributed by atoms with Gasteiger partial charge in [-0.1, -0.05) is 13.8 Å². The summed E-state index contributed by atoms with van der Waals surface area (Å²) in [5.74, 6) is 0.666. The van der Waals surface area contributed by atoms with Crippen molar-refractivity contribution in [1.82, 2.24) is 10.3 Å². The van der Waals surface area contributed by atoms with E-state index in [1.807, 2.05) is 12.4 Å². The Balaban J connectivity index is 2.55. The zero-order valence-corrected chi connectivity index (χ0v) is 9.49. The number of hydrogen-bond donors (Lipinski definition) is 1. The summed E-state index contributed by atoms with van der Waals surface area (Å²) in [5, 5.41) is 3.57. The Kier molecular flexibility index (Phi) is 4.08. The third kappa shape index (κ3) is 3.11. The average molecular weight is 192 g/mol. The van der Waals surface area contributed by atoms with Gasteiger partial charge in [-0.15, -0.1) is 0 Å². The fourth-order valence-electron chi connectivity index (χ4n) is 1.34. The summed E-state index contributed by atoms with van der Waals surface area (Å²) in [4.78, 5) is 4.01. The zero-order chi connectivity index (χ0) is 10.6. The van der Waals surface area contributed by atoms with Gasteiger partial charge in [0.2, 0.25) is 0 Å². The van der Waals surface area contributed by atoms with Gasteiger partial charge >= 0.3 is 0 Å². The molecule has 0 aliphatic carbocycles. The lowest BCUT2D eigenvalue weighted by Crippen LogP contribution is -2.32. The molecule has 2 atom stereocenters. The van der Waals surface area contributed by atoms with Gasteiger partial charge in [-0.05, 0) is 37.5 Å². The van der Waals surface area contributed by atoms with Crippen LogP contribution in [0.4, 0.5) is 0 Å². The van der Waals surface area contributed by atoms with Crippen LogP contribution in [0, 0.1) is 5.92 Å². The molecule has 2 heteroatoms. The number of rotatable bonds is 4. The van der Waals surface area contributed by atoms with Crippen molar-refractivity contribution in [2.75, 3.05) is 0 Å². The summed E-state index contributed by atoms with van der Waals surface area (Å²) in [5.41, 5.74) is 1.30. The van der Waals surface area contributed by atoms with Gasteiger partial charge in [-0.3, -0.25) is 4.98 Å². The maximum atomic E-state index is 4.01. The Bertz CT molecular complexity index is 256. The standard InChI is InChI=1S/C12H20N2/c1-9(2)10(3)14-11(4)12-5-7-13-8-6-12/h5-11,14H,1-4H3/t10-,11-/m0/s1. The lowest BCUT2D eigenvalue weighted by atomic mass is 10.0. The highest BCUT2D eigenvalue weighted by Gasteiger charge is 2.11. The molecule has 0 saturated carbocycles. The summed E-state index contributed by atoms with van der Waals surface area (Å²) in [6.07, 6.45) is 3.68. The highest BCUT2D eigenvalue weighted by atomic mass is 14.9. The highest BCUT2D eigenvalue weighted by molar-refractivity contribution is 5.14. The van der Waals surface area contributed by atoms with E-state index in [0.29, 0.717) is 18.0 Å². The first kappa shape index (κ1) is 11.2. The van der Waals surface area contributed by atoms with E-state index in [-0.39, 0.29) is 0 Å². The Labute approximate surface area is 86.8 Å². The lowest BCUT2D eigenvalue weighted by Gasteiger charge is -2.23. The molecule has 78 valence electrons. The van der Waals surface area contributed by atoms with E-state index in [2.05, 4.69) is 50.1 Å². The second-order valence-electron chi connectivity index (χ2n) is 4.20. The smallest absolute Gasteiger partial charge is 0.0295 e. The van der Waals surface area contributed by atoms with Crippen LogP contribution >= 0.6 is 0 Å². The molecule has 14 heavy (non-hydrogen) atoms. The molecule has 2 nitrogen and oxygen atoms in total. The van der Waals surface area contributed by atoms with Crippen LogP contribution in [0.25, 0.3) is 0 Å². The highest BCUT2D eigenvalue weighted by Crippen LogP contribution is 2.13. The molecule has 0 bridgehead atoms. The van der Waals surface area contributed by atoms with Gasteiger partial charge in [0.05, 0.1) is 0 Å². The molecule has 0 unspecified atom stereocenters. The van der Waals surface area contributed by atoms with Gasteiger partial charge in [0.15, 0.2) is 0 Å². The van der Waals surface area contributed by atoms with E-state index in [1.54, 1.807) is 0 Å². The average Bonchev–Trinajstić information content (AvgIpc) is 2.19. The zero-order valence-electron chi connectivity index (χ0n) is 9.49. The van der Waals surface area contributed by atoms with Gasteiger partial charge in [-0.2, -0.15) is 0 Å². The molecule has 0 radical (unpaired) electrons. The van der Waals surface area contributed by atoms with Gasteiger partial charge in [0, 0.05) is 24.5 Å². The molecule has 0 saturated heterocycles. The van der Waals surface area contributed by atoms with Crippen molar-refractivity contribution < 1.29 is 0 Å². The van der Waals surface area contributed by atoms with Crippen LogP contribution in [-0.4, -0.2) is 11.0 Å². The predicted molar refractivity (Wildman–Crippen MR) is 60.1 cm³/mol. The van der Waals surface area contributed by atoms with Crippen LogP contribution in [0.1, 0.15) is 39.3 Å².